The standard InChI is InChI=1S/C16H14N4O2/c1-9(21)10-5-6-13-14(8-10)19-16(18-13)20-15(22)11-3-2-4-12(17)7-11/h2-8H,17H2,1H3,(H2,18,19,20,22). The number of fused-ring (bicyclic) bond motifs is 1. The molecule has 2 aromatic carbocycles. The minimum atomic E-state index is -0.307. The lowest BCUT2D eigenvalue weighted by Crippen LogP contribution is -2.13. The highest BCUT2D eigenvalue weighted by Crippen LogP contribution is 2.17. The first-order valence-corrected chi connectivity index (χ1v) is 6.70. The molecular weight excluding hydrogens is 280 g/mol. The molecule has 0 saturated heterocycles. The van der Waals surface area contributed by atoms with Gasteiger partial charge in [0.1, 0.15) is 0 Å². The maximum absolute atomic E-state index is 12.1. The van der Waals surface area contributed by atoms with Gasteiger partial charge in [-0.1, -0.05) is 6.07 Å². The maximum atomic E-state index is 12.1. The molecule has 3 aromatic rings. The number of aromatic nitrogens is 2. The van der Waals surface area contributed by atoms with Gasteiger partial charge in [-0.15, -0.1) is 0 Å². The predicted octanol–water partition coefficient (Wildman–Crippen LogP) is 2.60. The number of ketones is 1. The summed E-state index contributed by atoms with van der Waals surface area (Å²) in [4.78, 5) is 30.8. The van der Waals surface area contributed by atoms with Crippen LogP contribution in [0.3, 0.4) is 0 Å². The van der Waals surface area contributed by atoms with Crippen LogP contribution in [0.25, 0.3) is 11.0 Å². The van der Waals surface area contributed by atoms with Crippen LogP contribution in [-0.2, 0) is 0 Å². The quantitative estimate of drug-likeness (QED) is 0.510. The number of anilines is 2. The molecule has 0 unspecified atom stereocenters. The van der Waals surface area contributed by atoms with Crippen molar-refractivity contribution in [1.82, 2.24) is 9.97 Å². The summed E-state index contributed by atoms with van der Waals surface area (Å²) in [6.07, 6.45) is 0. The van der Waals surface area contributed by atoms with E-state index in [9.17, 15) is 9.59 Å². The van der Waals surface area contributed by atoms with Gasteiger partial charge in [-0.05, 0) is 43.3 Å². The fraction of sp³-hybridized carbons (Fsp3) is 0.0625. The lowest BCUT2D eigenvalue weighted by atomic mass is 10.1. The van der Waals surface area contributed by atoms with E-state index in [4.69, 9.17) is 5.73 Å². The minimum Gasteiger partial charge on any atom is -0.399 e. The third kappa shape index (κ3) is 2.67. The first-order valence-electron chi connectivity index (χ1n) is 6.70. The minimum absolute atomic E-state index is 0.0322. The third-order valence-electron chi connectivity index (χ3n) is 3.27. The summed E-state index contributed by atoms with van der Waals surface area (Å²) in [5.41, 5.74) is 8.57. The summed E-state index contributed by atoms with van der Waals surface area (Å²) < 4.78 is 0. The van der Waals surface area contributed by atoms with Crippen LogP contribution >= 0.6 is 0 Å². The number of aromatic amines is 1. The molecule has 0 bridgehead atoms. The lowest BCUT2D eigenvalue weighted by molar-refractivity contribution is 0.101. The molecule has 0 aliphatic carbocycles. The van der Waals surface area contributed by atoms with Crippen molar-refractivity contribution in [2.45, 2.75) is 6.92 Å². The molecular formula is C16H14N4O2. The SMILES string of the molecule is CC(=O)c1ccc2[nH]c(NC(=O)c3cccc(N)c3)nc2c1. The number of imidazole rings is 1. The first kappa shape index (κ1) is 13.8. The fourth-order valence-corrected chi connectivity index (χ4v) is 2.14. The van der Waals surface area contributed by atoms with Crippen LogP contribution < -0.4 is 11.1 Å². The van der Waals surface area contributed by atoms with Crippen molar-refractivity contribution < 1.29 is 9.59 Å². The Hall–Kier alpha value is -3.15. The number of Topliss-reactive ketones (excluding diaryl/α,β-unsaturated/α-hetero) is 1. The smallest absolute Gasteiger partial charge is 0.258 e. The van der Waals surface area contributed by atoms with Gasteiger partial charge in [-0.25, -0.2) is 4.98 Å². The van der Waals surface area contributed by atoms with Crippen LogP contribution in [-0.4, -0.2) is 21.7 Å². The van der Waals surface area contributed by atoms with Crippen molar-refractivity contribution in [2.24, 2.45) is 0 Å². The van der Waals surface area contributed by atoms with Crippen LogP contribution in [0.4, 0.5) is 11.6 Å². The number of nitrogens with two attached hydrogens (primary N) is 1. The summed E-state index contributed by atoms with van der Waals surface area (Å²) in [5, 5.41) is 2.68. The Kier molecular flexibility index (Phi) is 3.34. The number of benzene rings is 2. The van der Waals surface area contributed by atoms with E-state index >= 15 is 0 Å². The molecule has 1 amide bonds. The molecule has 3 rings (SSSR count). The highest BCUT2D eigenvalue weighted by atomic mass is 16.1. The number of H-pyrrole nitrogens is 1. The summed E-state index contributed by atoms with van der Waals surface area (Å²) in [6.45, 7) is 1.50. The number of hydrogen-bond donors (Lipinski definition) is 3. The Labute approximate surface area is 126 Å². The van der Waals surface area contributed by atoms with Gasteiger partial charge in [0, 0.05) is 16.8 Å². The van der Waals surface area contributed by atoms with Crippen molar-refractivity contribution in [3.63, 3.8) is 0 Å². The number of nitrogens with zero attached hydrogens (tertiary/aromatic N) is 1. The number of carbonyl (C=O) groups excluding carboxylic acids is 2. The second-order valence-corrected chi connectivity index (χ2v) is 4.95. The molecule has 0 aliphatic heterocycles. The van der Waals surface area contributed by atoms with Gasteiger partial charge in [0.05, 0.1) is 11.0 Å². The molecule has 0 saturated carbocycles. The van der Waals surface area contributed by atoms with Gasteiger partial charge < -0.3 is 10.7 Å². The molecule has 0 radical (unpaired) electrons. The second kappa shape index (κ2) is 5.33. The lowest BCUT2D eigenvalue weighted by Gasteiger charge is -2.02. The topological polar surface area (TPSA) is 101 Å². The van der Waals surface area contributed by atoms with Gasteiger partial charge in [-0.2, -0.15) is 0 Å². The summed E-state index contributed by atoms with van der Waals surface area (Å²) in [7, 11) is 0. The Morgan fingerprint density at radius 1 is 1.14 bits per heavy atom. The molecule has 1 aromatic heterocycles. The Balaban J connectivity index is 1.87. The van der Waals surface area contributed by atoms with Crippen molar-refractivity contribution in [3.05, 3.63) is 53.6 Å². The highest BCUT2D eigenvalue weighted by Gasteiger charge is 2.10. The number of amides is 1. The summed E-state index contributed by atoms with van der Waals surface area (Å²) in [6, 6.07) is 11.8. The molecule has 0 spiro atoms. The molecule has 1 heterocycles. The number of rotatable bonds is 3. The fourth-order valence-electron chi connectivity index (χ4n) is 2.14. The van der Waals surface area contributed by atoms with Crippen molar-refractivity contribution >= 4 is 34.4 Å². The van der Waals surface area contributed by atoms with Crippen LogP contribution in [0.5, 0.6) is 0 Å². The average Bonchev–Trinajstić information content (AvgIpc) is 2.88. The summed E-state index contributed by atoms with van der Waals surface area (Å²) in [5.74, 6) is -0.0171. The molecule has 22 heavy (non-hydrogen) atoms. The number of carbonyl (C=O) groups is 2. The Bertz CT molecular complexity index is 883. The van der Waals surface area contributed by atoms with E-state index in [1.807, 2.05) is 0 Å². The van der Waals surface area contributed by atoms with Crippen molar-refractivity contribution in [3.8, 4) is 0 Å². The predicted molar refractivity (Wildman–Crippen MR) is 84.9 cm³/mol. The van der Waals surface area contributed by atoms with Crippen molar-refractivity contribution in [2.75, 3.05) is 11.1 Å². The van der Waals surface area contributed by atoms with E-state index < -0.39 is 0 Å². The number of hydrogen-bond acceptors (Lipinski definition) is 4. The average molecular weight is 294 g/mol. The molecule has 6 nitrogen and oxygen atoms in total. The van der Waals surface area contributed by atoms with Gasteiger partial charge in [0.25, 0.3) is 5.91 Å². The number of nitrogens with one attached hydrogen (secondary N) is 2. The van der Waals surface area contributed by atoms with Gasteiger partial charge in [0.15, 0.2) is 5.78 Å². The molecule has 110 valence electrons. The van der Waals surface area contributed by atoms with E-state index in [-0.39, 0.29) is 11.7 Å². The first-order chi connectivity index (χ1) is 10.5. The monoisotopic (exact) mass is 294 g/mol. The van der Waals surface area contributed by atoms with Crippen LogP contribution in [0.15, 0.2) is 42.5 Å². The van der Waals surface area contributed by atoms with E-state index in [0.717, 1.165) is 5.52 Å². The third-order valence-corrected chi connectivity index (χ3v) is 3.27. The molecule has 0 aliphatic rings. The number of nitrogen functional groups attached to an aromatic ring is 1. The molecule has 0 fully saturated rings. The van der Waals surface area contributed by atoms with E-state index in [0.29, 0.717) is 28.3 Å². The molecule has 4 N–H and O–H groups in total. The van der Waals surface area contributed by atoms with Gasteiger partial charge in [0.2, 0.25) is 5.95 Å². The normalized spacial score (nSPS) is 10.6. The zero-order valence-electron chi connectivity index (χ0n) is 11.9. The zero-order chi connectivity index (χ0) is 15.7. The molecule has 0 atom stereocenters. The molecule has 6 heteroatoms. The van der Waals surface area contributed by atoms with E-state index in [2.05, 4.69) is 15.3 Å². The van der Waals surface area contributed by atoms with Crippen LogP contribution in [0.2, 0.25) is 0 Å². The largest absolute Gasteiger partial charge is 0.399 e. The highest BCUT2D eigenvalue weighted by molar-refractivity contribution is 6.04. The second-order valence-electron chi connectivity index (χ2n) is 4.95. The Morgan fingerprint density at radius 2 is 1.95 bits per heavy atom. The van der Waals surface area contributed by atoms with Crippen LogP contribution in [0.1, 0.15) is 27.6 Å². The maximum Gasteiger partial charge on any atom is 0.258 e. The Morgan fingerprint density at radius 3 is 2.68 bits per heavy atom. The van der Waals surface area contributed by atoms with Crippen LogP contribution in [0, 0.1) is 0 Å². The van der Waals surface area contributed by atoms with Gasteiger partial charge in [-0.3, -0.25) is 14.9 Å². The summed E-state index contributed by atoms with van der Waals surface area (Å²) >= 11 is 0. The van der Waals surface area contributed by atoms with Crippen molar-refractivity contribution in [1.29, 1.82) is 0 Å². The van der Waals surface area contributed by atoms with E-state index in [1.165, 1.54) is 6.92 Å². The van der Waals surface area contributed by atoms with Gasteiger partial charge >= 0.3 is 0 Å². The zero-order valence-corrected chi connectivity index (χ0v) is 11.9. The van der Waals surface area contributed by atoms with E-state index in [1.54, 1.807) is 42.5 Å².